The van der Waals surface area contributed by atoms with Gasteiger partial charge in [-0.3, -0.25) is 4.79 Å². The fourth-order valence-electron chi connectivity index (χ4n) is 3.10. The summed E-state index contributed by atoms with van der Waals surface area (Å²) in [6, 6.07) is 10.6. The van der Waals surface area contributed by atoms with Crippen molar-refractivity contribution < 1.29 is 17.9 Å². The average molecular weight is 409 g/mol. The number of thiophene rings is 1. The van der Waals surface area contributed by atoms with Crippen LogP contribution < -0.4 is 10.1 Å². The van der Waals surface area contributed by atoms with E-state index in [2.05, 4.69) is 5.32 Å². The second-order valence-electron chi connectivity index (χ2n) is 6.51. The fraction of sp³-hybridized carbons (Fsp3) is 0.421. The normalized spacial score (nSPS) is 18.2. The van der Waals surface area contributed by atoms with E-state index in [1.807, 2.05) is 13.8 Å². The summed E-state index contributed by atoms with van der Waals surface area (Å²) in [5.74, 6) is 0.235. The van der Waals surface area contributed by atoms with Gasteiger partial charge in [-0.2, -0.15) is 4.31 Å². The summed E-state index contributed by atoms with van der Waals surface area (Å²) in [5.41, 5.74) is 0.678. The lowest BCUT2D eigenvalue weighted by Crippen LogP contribution is -2.43. The summed E-state index contributed by atoms with van der Waals surface area (Å²) in [6.07, 6.45) is 1.35. The number of benzene rings is 1. The molecule has 0 aliphatic carbocycles. The number of carbonyl (C=O) groups is 1. The van der Waals surface area contributed by atoms with Crippen LogP contribution in [-0.4, -0.2) is 38.3 Å². The van der Waals surface area contributed by atoms with Crippen molar-refractivity contribution in [2.75, 3.05) is 25.0 Å². The molecule has 1 N–H and O–H groups in total. The molecular formula is C19H24N2O4S2. The van der Waals surface area contributed by atoms with Gasteiger partial charge in [-0.1, -0.05) is 0 Å². The van der Waals surface area contributed by atoms with Crippen LogP contribution in [0.25, 0.3) is 0 Å². The second-order valence-corrected chi connectivity index (χ2v) is 9.97. The topological polar surface area (TPSA) is 75.7 Å². The van der Waals surface area contributed by atoms with Gasteiger partial charge in [0.25, 0.3) is 10.0 Å². The summed E-state index contributed by atoms with van der Waals surface area (Å²) < 4.78 is 32.8. The molecule has 3 rings (SSSR count). The quantitative estimate of drug-likeness (QED) is 0.794. The lowest BCUT2D eigenvalue weighted by molar-refractivity contribution is -0.120. The van der Waals surface area contributed by atoms with Gasteiger partial charge in [-0.25, -0.2) is 8.42 Å². The SMILES string of the molecule is CCOc1ccc(NC(=O)[C@@H]2CCCN(S(=O)(=O)c3ccc(C)s3)C2)cc1. The molecule has 2 heterocycles. The fourth-order valence-corrected chi connectivity index (χ4v) is 6.06. The molecule has 2 aromatic rings. The monoisotopic (exact) mass is 408 g/mol. The van der Waals surface area contributed by atoms with E-state index < -0.39 is 10.0 Å². The first-order valence-corrected chi connectivity index (χ1v) is 11.3. The summed E-state index contributed by atoms with van der Waals surface area (Å²) in [7, 11) is -3.54. The van der Waals surface area contributed by atoms with E-state index in [1.165, 1.54) is 15.6 Å². The smallest absolute Gasteiger partial charge is 0.252 e. The number of anilines is 1. The van der Waals surface area contributed by atoms with Crippen LogP contribution in [0, 0.1) is 12.8 Å². The molecule has 6 nitrogen and oxygen atoms in total. The zero-order chi connectivity index (χ0) is 19.4. The maximum Gasteiger partial charge on any atom is 0.252 e. The molecule has 0 bridgehead atoms. The lowest BCUT2D eigenvalue weighted by Gasteiger charge is -2.30. The number of piperidine rings is 1. The molecule has 146 valence electrons. The van der Waals surface area contributed by atoms with Gasteiger partial charge in [-0.05, 0) is 63.1 Å². The molecule has 0 unspecified atom stereocenters. The van der Waals surface area contributed by atoms with Gasteiger partial charge in [0.2, 0.25) is 5.91 Å². The maximum absolute atomic E-state index is 12.8. The van der Waals surface area contributed by atoms with Gasteiger partial charge >= 0.3 is 0 Å². The highest BCUT2D eigenvalue weighted by molar-refractivity contribution is 7.91. The Morgan fingerprint density at radius 3 is 2.63 bits per heavy atom. The number of nitrogens with zero attached hydrogens (tertiary/aromatic N) is 1. The first-order chi connectivity index (χ1) is 12.9. The number of hydrogen-bond donors (Lipinski definition) is 1. The van der Waals surface area contributed by atoms with Crippen LogP contribution in [0.4, 0.5) is 5.69 Å². The zero-order valence-electron chi connectivity index (χ0n) is 15.5. The largest absolute Gasteiger partial charge is 0.494 e. The number of carbonyl (C=O) groups excluding carboxylic acids is 1. The number of ether oxygens (including phenoxy) is 1. The van der Waals surface area contributed by atoms with E-state index in [9.17, 15) is 13.2 Å². The minimum atomic E-state index is -3.54. The molecule has 0 spiro atoms. The summed E-state index contributed by atoms with van der Waals surface area (Å²) in [5, 5.41) is 2.88. The number of hydrogen-bond acceptors (Lipinski definition) is 5. The Morgan fingerprint density at radius 2 is 2.00 bits per heavy atom. The highest BCUT2D eigenvalue weighted by Crippen LogP contribution is 2.28. The van der Waals surface area contributed by atoms with Crippen molar-refractivity contribution in [3.05, 3.63) is 41.3 Å². The standard InChI is InChI=1S/C19H24N2O4S2/c1-3-25-17-9-7-16(8-10-17)20-19(22)15-5-4-12-21(13-15)27(23,24)18-11-6-14(2)26-18/h6-11,15H,3-5,12-13H2,1-2H3,(H,20,22)/t15-/m1/s1. The Labute approximate surface area is 164 Å². The predicted octanol–water partition coefficient (Wildman–Crippen LogP) is 3.49. The summed E-state index contributed by atoms with van der Waals surface area (Å²) >= 11 is 1.26. The predicted molar refractivity (Wildman–Crippen MR) is 107 cm³/mol. The second kappa shape index (κ2) is 8.41. The minimum absolute atomic E-state index is 0.151. The van der Waals surface area contributed by atoms with Gasteiger partial charge in [0.05, 0.1) is 12.5 Å². The molecule has 1 aromatic heterocycles. The van der Waals surface area contributed by atoms with Gasteiger partial charge < -0.3 is 10.1 Å². The Morgan fingerprint density at radius 1 is 1.26 bits per heavy atom. The molecule has 1 aromatic carbocycles. The van der Waals surface area contributed by atoms with E-state index in [0.717, 1.165) is 10.6 Å². The van der Waals surface area contributed by atoms with Crippen molar-refractivity contribution in [2.45, 2.75) is 30.9 Å². The number of sulfonamides is 1. The summed E-state index contributed by atoms with van der Waals surface area (Å²) in [4.78, 5) is 13.6. The van der Waals surface area contributed by atoms with Gasteiger partial charge in [0.1, 0.15) is 9.96 Å². The molecule has 1 atom stereocenters. The van der Waals surface area contributed by atoms with Crippen molar-refractivity contribution >= 4 is 33.0 Å². The van der Waals surface area contributed by atoms with E-state index in [-0.39, 0.29) is 18.4 Å². The molecule has 1 saturated heterocycles. The molecule has 1 fully saturated rings. The highest BCUT2D eigenvalue weighted by Gasteiger charge is 2.34. The number of nitrogens with one attached hydrogen (secondary N) is 1. The minimum Gasteiger partial charge on any atom is -0.494 e. The van der Waals surface area contributed by atoms with Crippen LogP contribution in [0.1, 0.15) is 24.6 Å². The Bertz CT molecular complexity index is 891. The third-order valence-corrected chi connectivity index (χ3v) is 7.83. The first kappa shape index (κ1) is 19.9. The lowest BCUT2D eigenvalue weighted by atomic mass is 9.99. The van der Waals surface area contributed by atoms with Crippen molar-refractivity contribution in [2.24, 2.45) is 5.92 Å². The van der Waals surface area contributed by atoms with E-state index in [0.29, 0.717) is 35.9 Å². The third-order valence-electron chi connectivity index (χ3n) is 4.50. The Balaban J connectivity index is 1.65. The van der Waals surface area contributed by atoms with Gasteiger partial charge in [0, 0.05) is 23.7 Å². The molecule has 8 heteroatoms. The molecule has 0 radical (unpaired) electrons. The summed E-state index contributed by atoms with van der Waals surface area (Å²) in [6.45, 7) is 5.04. The average Bonchev–Trinajstić information content (AvgIpc) is 3.11. The van der Waals surface area contributed by atoms with Crippen LogP contribution in [0.15, 0.2) is 40.6 Å². The number of amides is 1. The number of rotatable bonds is 6. The third kappa shape index (κ3) is 4.69. The van der Waals surface area contributed by atoms with E-state index >= 15 is 0 Å². The van der Waals surface area contributed by atoms with Crippen molar-refractivity contribution in [3.8, 4) is 5.75 Å². The van der Waals surface area contributed by atoms with E-state index in [1.54, 1.807) is 36.4 Å². The Kier molecular flexibility index (Phi) is 6.18. The molecule has 0 saturated carbocycles. The number of aryl methyl sites for hydroxylation is 1. The van der Waals surface area contributed by atoms with Crippen molar-refractivity contribution in [3.63, 3.8) is 0 Å². The van der Waals surface area contributed by atoms with Crippen LogP contribution in [0.2, 0.25) is 0 Å². The molecule has 1 aliphatic heterocycles. The van der Waals surface area contributed by atoms with Gasteiger partial charge in [0.15, 0.2) is 0 Å². The highest BCUT2D eigenvalue weighted by atomic mass is 32.2. The molecular weight excluding hydrogens is 384 g/mol. The van der Waals surface area contributed by atoms with Crippen LogP contribution in [0.3, 0.4) is 0 Å². The maximum atomic E-state index is 12.8. The Hall–Kier alpha value is -1.90. The van der Waals surface area contributed by atoms with Crippen LogP contribution in [0.5, 0.6) is 5.75 Å². The van der Waals surface area contributed by atoms with Crippen LogP contribution in [-0.2, 0) is 14.8 Å². The van der Waals surface area contributed by atoms with E-state index in [4.69, 9.17) is 4.74 Å². The molecule has 1 amide bonds. The molecule has 27 heavy (non-hydrogen) atoms. The first-order valence-electron chi connectivity index (χ1n) is 9.00. The molecule has 1 aliphatic rings. The van der Waals surface area contributed by atoms with Crippen LogP contribution >= 0.6 is 11.3 Å². The zero-order valence-corrected chi connectivity index (χ0v) is 17.1. The van der Waals surface area contributed by atoms with Crippen molar-refractivity contribution in [1.82, 2.24) is 4.31 Å². The van der Waals surface area contributed by atoms with Crippen molar-refractivity contribution in [1.29, 1.82) is 0 Å². The van der Waals surface area contributed by atoms with Gasteiger partial charge in [-0.15, -0.1) is 11.3 Å².